The van der Waals surface area contributed by atoms with Crippen molar-refractivity contribution in [3.8, 4) is 0 Å². The minimum absolute atomic E-state index is 0.000615. The molecule has 5 aliphatic rings. The van der Waals surface area contributed by atoms with E-state index in [1.54, 1.807) is 12.2 Å². The quantitative estimate of drug-likeness (QED) is 0.0438. The maximum atomic E-state index is 14.9. The van der Waals surface area contributed by atoms with Gasteiger partial charge in [0, 0.05) is 54.6 Å². The molecular formula is C91H161NO11. The Bertz CT molecular complexity index is 2290. The van der Waals surface area contributed by atoms with Crippen LogP contribution in [0.3, 0.4) is 0 Å². The van der Waals surface area contributed by atoms with E-state index in [9.17, 15) is 34.2 Å². The van der Waals surface area contributed by atoms with Crippen LogP contribution >= 0.6 is 0 Å². The van der Waals surface area contributed by atoms with Crippen LogP contribution in [0.4, 0.5) is 0 Å². The van der Waals surface area contributed by atoms with Crippen molar-refractivity contribution in [1.82, 2.24) is 4.90 Å². The van der Waals surface area contributed by atoms with E-state index >= 15 is 0 Å². The molecule has 5 rings (SSSR count). The Labute approximate surface area is 632 Å². The third-order valence-electron chi connectivity index (χ3n) is 25.7. The second-order valence-corrected chi connectivity index (χ2v) is 34.0. The van der Waals surface area contributed by atoms with Crippen molar-refractivity contribution in [2.75, 3.05) is 26.3 Å². The molecule has 3 saturated carbocycles. The summed E-state index contributed by atoms with van der Waals surface area (Å²) in [6.07, 6.45) is 67.2. The molecule has 1 heterocycles. The monoisotopic (exact) mass is 1440 g/mol. The van der Waals surface area contributed by atoms with Gasteiger partial charge in [-0.3, -0.25) is 24.0 Å². The van der Waals surface area contributed by atoms with Gasteiger partial charge in [0.25, 0.3) is 0 Å². The molecule has 0 aromatic heterocycles. The van der Waals surface area contributed by atoms with Gasteiger partial charge in [-0.1, -0.05) is 298 Å². The summed E-state index contributed by atoms with van der Waals surface area (Å²) in [6.45, 7) is 16.9. The van der Waals surface area contributed by atoms with Crippen molar-refractivity contribution < 1.29 is 53.1 Å². The number of carbonyl (C=O) groups is 5. The average molecular weight is 1450 g/mol. The Kier molecular flexibility index (Phi) is 47.6. The number of allylic oxidation sites excluding steroid dienone is 4. The van der Waals surface area contributed by atoms with Gasteiger partial charge < -0.3 is 34.1 Å². The normalized spacial score (nSPS) is 23.8. The van der Waals surface area contributed by atoms with Crippen LogP contribution in [0, 0.1) is 34.5 Å². The van der Waals surface area contributed by atoms with Gasteiger partial charge in [0.1, 0.15) is 11.9 Å². The largest absolute Gasteiger partial charge is 0.462 e. The predicted octanol–water partition coefficient (Wildman–Crippen LogP) is 23.8. The van der Waals surface area contributed by atoms with Crippen LogP contribution in [0.5, 0.6) is 0 Å². The summed E-state index contributed by atoms with van der Waals surface area (Å²) in [5, 5.41) is 22.3. The third-order valence-corrected chi connectivity index (χ3v) is 25.7. The lowest BCUT2D eigenvalue weighted by molar-refractivity contribution is -0.201. The van der Waals surface area contributed by atoms with Crippen LogP contribution in [-0.4, -0.2) is 107 Å². The topological polar surface area (TPSA) is 166 Å². The Hall–Kier alpha value is -2.77. The highest BCUT2D eigenvalue weighted by atomic mass is 16.7. The molecule has 103 heavy (non-hydrogen) atoms. The first-order chi connectivity index (χ1) is 50.2. The van der Waals surface area contributed by atoms with Gasteiger partial charge >= 0.3 is 11.9 Å². The number of Topliss-reactive ketones (excluding diaryl/α,β-unsaturated/α-hetero) is 2. The lowest BCUT2D eigenvalue weighted by atomic mass is 9.46. The van der Waals surface area contributed by atoms with E-state index in [-0.39, 0.29) is 66.4 Å². The molecule has 10 unspecified atom stereocenters. The molecule has 0 bridgehead atoms. The number of fused-ring (bicyclic) bond motifs is 7. The number of hydrogen-bond donors (Lipinski definition) is 2. The molecule has 4 fully saturated rings. The Morgan fingerprint density at radius 1 is 0.553 bits per heavy atom. The molecule has 2 N–H and O–H groups in total. The number of unbranched alkanes of at least 4 members (excludes halogenated alkanes) is 36. The zero-order valence-electron chi connectivity index (χ0n) is 68.0. The van der Waals surface area contributed by atoms with Crippen molar-refractivity contribution in [2.24, 2.45) is 34.5 Å². The Balaban J connectivity index is 1.21. The first-order valence-electron chi connectivity index (χ1n) is 44.9. The first kappa shape index (κ1) is 90.8. The van der Waals surface area contributed by atoms with E-state index < -0.39 is 47.5 Å². The highest BCUT2D eigenvalue weighted by Gasteiger charge is 2.76. The van der Waals surface area contributed by atoms with E-state index in [4.69, 9.17) is 18.9 Å². The van der Waals surface area contributed by atoms with Crippen LogP contribution in [0.15, 0.2) is 23.8 Å². The van der Waals surface area contributed by atoms with Gasteiger partial charge in [-0.15, -0.1) is 0 Å². The van der Waals surface area contributed by atoms with Gasteiger partial charge in [-0.25, -0.2) is 0 Å². The number of ketones is 3. The summed E-state index contributed by atoms with van der Waals surface area (Å²) in [4.78, 5) is 72.3. The number of esters is 2. The molecule has 0 spiro atoms. The minimum atomic E-state index is -1.35. The molecule has 12 nitrogen and oxygen atoms in total. The van der Waals surface area contributed by atoms with Crippen molar-refractivity contribution in [3.05, 3.63) is 23.8 Å². The molecule has 0 aromatic carbocycles. The molecule has 1 aliphatic heterocycles. The standard InChI is InChI=1S/C91H161NO11/c1-8-13-17-21-25-29-33-37-43-54-74(55-44-38-34-30-26-22-18-14-9-2)81(95)60-51-56-76(57-52-62-86(99)101-78(58-45-39-35-31-27-23-19-15-10-3)59-46-40-36-32-28-24-20-16-11-4)92(68-49-50-69-93)67-48-42-41-47-61-85(98)100-73-83(97)91-84(102-87(103-91)53-12-5)71-80-79-64-63-75-70-77(94)65-66-89(75,6)88(79)82(96)72-90(80,91)7/h65-66,70,74,76,78-80,82,84,87-88,93,96H,8-64,67-69,71-73H2,1-7H3. The third kappa shape index (κ3) is 32.0. The second kappa shape index (κ2) is 53.9. The number of ether oxygens (including phenoxy) is 4. The smallest absolute Gasteiger partial charge is 0.306 e. The lowest BCUT2D eigenvalue weighted by Crippen LogP contribution is -2.63. The first-order valence-corrected chi connectivity index (χ1v) is 44.9. The molecule has 0 aromatic rings. The summed E-state index contributed by atoms with van der Waals surface area (Å²) in [5.41, 5.74) is -1.45. The maximum Gasteiger partial charge on any atom is 0.306 e. The van der Waals surface area contributed by atoms with Crippen molar-refractivity contribution >= 4 is 29.3 Å². The lowest BCUT2D eigenvalue weighted by Gasteiger charge is -2.59. The molecule has 596 valence electrons. The van der Waals surface area contributed by atoms with Gasteiger partial charge in [-0.2, -0.15) is 0 Å². The number of carbonyl (C=O) groups excluding carboxylic acids is 5. The van der Waals surface area contributed by atoms with E-state index in [2.05, 4.69) is 53.4 Å². The van der Waals surface area contributed by atoms with Crippen LogP contribution in [-0.2, 0) is 42.9 Å². The highest BCUT2D eigenvalue weighted by Crippen LogP contribution is 2.70. The molecule has 12 heteroatoms. The number of nitrogens with zero attached hydrogens (tertiary/aromatic N) is 1. The number of aliphatic hydroxyl groups is 2. The maximum absolute atomic E-state index is 14.9. The van der Waals surface area contributed by atoms with Crippen LogP contribution in [0.25, 0.3) is 0 Å². The number of hydrogen-bond acceptors (Lipinski definition) is 12. The van der Waals surface area contributed by atoms with Crippen LogP contribution in [0.2, 0.25) is 0 Å². The number of aliphatic hydroxyl groups excluding tert-OH is 2. The van der Waals surface area contributed by atoms with E-state index in [0.717, 1.165) is 147 Å². The molecule has 1 saturated heterocycles. The fraction of sp³-hybridized carbons (Fsp3) is 0.901. The second-order valence-electron chi connectivity index (χ2n) is 34.0. The summed E-state index contributed by atoms with van der Waals surface area (Å²) in [5.74, 6) is -0.0962. The Morgan fingerprint density at radius 2 is 1.02 bits per heavy atom. The summed E-state index contributed by atoms with van der Waals surface area (Å²) >= 11 is 0. The molecular weight excluding hydrogens is 1280 g/mol. The van der Waals surface area contributed by atoms with Crippen molar-refractivity contribution in [2.45, 2.75) is 464 Å². The van der Waals surface area contributed by atoms with E-state index in [0.29, 0.717) is 44.3 Å². The van der Waals surface area contributed by atoms with Gasteiger partial charge in [0.05, 0.1) is 12.2 Å². The fourth-order valence-corrected chi connectivity index (χ4v) is 19.6. The molecule has 10 atom stereocenters. The predicted molar refractivity (Wildman–Crippen MR) is 425 cm³/mol. The SMILES string of the molecule is CCCCCCCCCCCC(CCCCCCCCCCC)OC(=O)CCCC(CCCC(=O)C(CCCCCCCCCCC)CCCCCCCCCCC)N(CCCCO)CCCCCCC(=O)OCC(=O)C12OC(CCC)OC1CC1C3CCC4=CC(=O)C=CC4(C)C3C(O)CC12C. The fourth-order valence-electron chi connectivity index (χ4n) is 19.6. The number of rotatable bonds is 67. The zero-order chi connectivity index (χ0) is 74.2. The summed E-state index contributed by atoms with van der Waals surface area (Å²) in [7, 11) is 0. The summed E-state index contributed by atoms with van der Waals surface area (Å²) < 4.78 is 25.9. The minimum Gasteiger partial charge on any atom is -0.462 e. The van der Waals surface area contributed by atoms with Gasteiger partial charge in [0.2, 0.25) is 5.78 Å². The summed E-state index contributed by atoms with van der Waals surface area (Å²) in [6, 6.07) is 0.192. The van der Waals surface area contributed by atoms with E-state index in [1.807, 2.05) is 6.08 Å². The van der Waals surface area contributed by atoms with Gasteiger partial charge in [-0.05, 0) is 159 Å². The average Bonchev–Trinajstić information content (AvgIpc) is 1.54. The molecule has 4 aliphatic carbocycles. The molecule has 0 radical (unpaired) electrons. The van der Waals surface area contributed by atoms with Crippen LogP contribution < -0.4 is 0 Å². The molecule has 0 amide bonds. The zero-order valence-corrected chi connectivity index (χ0v) is 68.0. The van der Waals surface area contributed by atoms with Gasteiger partial charge in [0.15, 0.2) is 24.3 Å². The van der Waals surface area contributed by atoms with E-state index in [1.165, 1.54) is 205 Å². The highest BCUT2D eigenvalue weighted by molar-refractivity contribution is 6.01. The van der Waals surface area contributed by atoms with Crippen molar-refractivity contribution in [1.29, 1.82) is 0 Å². The van der Waals surface area contributed by atoms with Crippen LogP contribution in [0.1, 0.15) is 427 Å². The Morgan fingerprint density at radius 3 is 1.53 bits per heavy atom. The van der Waals surface area contributed by atoms with Crippen molar-refractivity contribution in [3.63, 3.8) is 0 Å².